The van der Waals surface area contributed by atoms with Crippen molar-refractivity contribution in [3.05, 3.63) is 29.7 Å². The van der Waals surface area contributed by atoms with Gasteiger partial charge in [-0.15, -0.1) is 0 Å². The molecule has 1 amide bonds. The molecule has 0 atom stereocenters. The number of aryl methyl sites for hydroxylation is 1. The SMILES string of the molecule is CNC(=O)Cc1ccnn2cc(C)nc12. The van der Waals surface area contributed by atoms with Crippen LogP contribution < -0.4 is 5.32 Å². The van der Waals surface area contributed by atoms with Crippen LogP contribution in [0.25, 0.3) is 5.65 Å². The second-order valence-electron chi connectivity index (χ2n) is 3.36. The summed E-state index contributed by atoms with van der Waals surface area (Å²) in [5.74, 6) is -0.0243. The fourth-order valence-electron chi connectivity index (χ4n) is 1.46. The van der Waals surface area contributed by atoms with Crippen LogP contribution in [0.4, 0.5) is 0 Å². The summed E-state index contributed by atoms with van der Waals surface area (Å²) >= 11 is 0. The number of carbonyl (C=O) groups excluding carboxylic acids is 1. The Bertz CT molecular complexity index is 503. The molecule has 1 N–H and O–H groups in total. The lowest BCUT2D eigenvalue weighted by molar-refractivity contribution is -0.119. The molecule has 0 fully saturated rings. The topological polar surface area (TPSA) is 59.3 Å². The number of carbonyl (C=O) groups is 1. The Morgan fingerprint density at radius 1 is 1.60 bits per heavy atom. The first kappa shape index (κ1) is 9.64. The molecule has 0 saturated heterocycles. The van der Waals surface area contributed by atoms with Crippen LogP contribution in [0.2, 0.25) is 0 Å². The number of amides is 1. The van der Waals surface area contributed by atoms with Gasteiger partial charge in [-0.3, -0.25) is 4.79 Å². The zero-order valence-corrected chi connectivity index (χ0v) is 8.69. The van der Waals surface area contributed by atoms with Gasteiger partial charge in [-0.1, -0.05) is 0 Å². The molecule has 0 aliphatic rings. The highest BCUT2D eigenvalue weighted by atomic mass is 16.1. The highest BCUT2D eigenvalue weighted by molar-refractivity contribution is 5.80. The Morgan fingerprint density at radius 3 is 3.13 bits per heavy atom. The van der Waals surface area contributed by atoms with Gasteiger partial charge in [-0.05, 0) is 13.0 Å². The van der Waals surface area contributed by atoms with E-state index in [1.54, 1.807) is 17.8 Å². The summed E-state index contributed by atoms with van der Waals surface area (Å²) in [4.78, 5) is 15.6. The quantitative estimate of drug-likeness (QED) is 0.766. The molecule has 5 heteroatoms. The summed E-state index contributed by atoms with van der Waals surface area (Å²) in [6.45, 7) is 1.90. The van der Waals surface area contributed by atoms with Gasteiger partial charge in [0.1, 0.15) is 0 Å². The van der Waals surface area contributed by atoms with Crippen molar-refractivity contribution in [3.63, 3.8) is 0 Å². The Balaban J connectivity index is 2.46. The molecule has 5 nitrogen and oxygen atoms in total. The predicted octanol–water partition coefficient (Wildman–Crippen LogP) is 0.326. The number of nitrogens with zero attached hydrogens (tertiary/aromatic N) is 3. The molecule has 0 aromatic carbocycles. The van der Waals surface area contributed by atoms with Crippen molar-refractivity contribution < 1.29 is 4.79 Å². The standard InChI is InChI=1S/C10H12N4O/c1-7-6-14-10(13-7)8(3-4-12-14)5-9(15)11-2/h3-4,6H,5H2,1-2H3,(H,11,15). The van der Waals surface area contributed by atoms with Gasteiger partial charge in [0.15, 0.2) is 5.65 Å². The Morgan fingerprint density at radius 2 is 2.40 bits per heavy atom. The predicted molar refractivity (Wildman–Crippen MR) is 55.5 cm³/mol. The Kier molecular flexibility index (Phi) is 2.37. The third-order valence-corrected chi connectivity index (χ3v) is 2.19. The number of hydrogen-bond donors (Lipinski definition) is 1. The molecule has 0 aliphatic heterocycles. The molecule has 0 aliphatic carbocycles. The number of nitrogens with one attached hydrogen (secondary N) is 1. The molecule has 78 valence electrons. The fraction of sp³-hybridized carbons (Fsp3) is 0.300. The second-order valence-corrected chi connectivity index (χ2v) is 3.36. The van der Waals surface area contributed by atoms with E-state index in [0.29, 0.717) is 6.42 Å². The van der Waals surface area contributed by atoms with Crippen LogP contribution in [0, 0.1) is 6.92 Å². The molecule has 0 bridgehead atoms. The first-order chi connectivity index (χ1) is 7.20. The van der Waals surface area contributed by atoms with Gasteiger partial charge in [0.25, 0.3) is 0 Å². The largest absolute Gasteiger partial charge is 0.359 e. The summed E-state index contributed by atoms with van der Waals surface area (Å²) in [6.07, 6.45) is 3.84. The van der Waals surface area contributed by atoms with E-state index in [9.17, 15) is 4.79 Å². The van der Waals surface area contributed by atoms with Crippen LogP contribution in [0.5, 0.6) is 0 Å². The average Bonchev–Trinajstić information content (AvgIpc) is 2.59. The number of aromatic nitrogens is 3. The van der Waals surface area contributed by atoms with E-state index in [2.05, 4.69) is 15.4 Å². The van der Waals surface area contributed by atoms with Gasteiger partial charge >= 0.3 is 0 Å². The molecule has 2 aromatic heterocycles. The minimum absolute atomic E-state index is 0.0243. The molecule has 0 unspecified atom stereocenters. The van der Waals surface area contributed by atoms with E-state index in [-0.39, 0.29) is 5.91 Å². The van der Waals surface area contributed by atoms with Gasteiger partial charge in [-0.2, -0.15) is 5.10 Å². The molecular weight excluding hydrogens is 192 g/mol. The van der Waals surface area contributed by atoms with Crippen LogP contribution in [0.3, 0.4) is 0 Å². The lowest BCUT2D eigenvalue weighted by Crippen LogP contribution is -2.20. The van der Waals surface area contributed by atoms with Crippen molar-refractivity contribution in [1.29, 1.82) is 0 Å². The highest BCUT2D eigenvalue weighted by Crippen LogP contribution is 2.09. The summed E-state index contributed by atoms with van der Waals surface area (Å²) < 4.78 is 1.69. The smallest absolute Gasteiger partial charge is 0.224 e. The van der Waals surface area contributed by atoms with Crippen LogP contribution in [0.15, 0.2) is 18.5 Å². The summed E-state index contributed by atoms with van der Waals surface area (Å²) in [5.41, 5.74) is 2.53. The summed E-state index contributed by atoms with van der Waals surface area (Å²) in [5, 5.41) is 6.71. The summed E-state index contributed by atoms with van der Waals surface area (Å²) in [7, 11) is 1.62. The number of rotatable bonds is 2. The second kappa shape index (κ2) is 3.68. The van der Waals surface area contributed by atoms with Crippen LogP contribution >= 0.6 is 0 Å². The number of imidazole rings is 1. The average molecular weight is 204 g/mol. The van der Waals surface area contributed by atoms with Crippen LogP contribution in [-0.2, 0) is 11.2 Å². The van der Waals surface area contributed by atoms with Crippen molar-refractivity contribution in [2.45, 2.75) is 13.3 Å². The van der Waals surface area contributed by atoms with Crippen molar-refractivity contribution in [1.82, 2.24) is 19.9 Å². The van der Waals surface area contributed by atoms with E-state index in [1.165, 1.54) is 0 Å². The zero-order chi connectivity index (χ0) is 10.8. The Hall–Kier alpha value is -1.91. The Labute approximate surface area is 87.1 Å². The molecule has 0 radical (unpaired) electrons. The third kappa shape index (κ3) is 1.81. The normalized spacial score (nSPS) is 10.5. The van der Waals surface area contributed by atoms with Gasteiger partial charge in [0, 0.05) is 18.8 Å². The molecule has 0 saturated carbocycles. The van der Waals surface area contributed by atoms with Gasteiger partial charge < -0.3 is 5.32 Å². The molecule has 2 rings (SSSR count). The highest BCUT2D eigenvalue weighted by Gasteiger charge is 2.08. The molecule has 0 spiro atoms. The van der Waals surface area contributed by atoms with Crippen LogP contribution in [0.1, 0.15) is 11.3 Å². The molecule has 2 aromatic rings. The maximum atomic E-state index is 11.3. The maximum absolute atomic E-state index is 11.3. The first-order valence-electron chi connectivity index (χ1n) is 4.71. The van der Waals surface area contributed by atoms with Gasteiger partial charge in [-0.25, -0.2) is 9.50 Å². The molecular formula is C10H12N4O. The molecule has 15 heavy (non-hydrogen) atoms. The number of likely N-dealkylation sites (N-methyl/N-ethyl adjacent to an activating group) is 1. The van der Waals surface area contributed by atoms with E-state index in [4.69, 9.17) is 0 Å². The zero-order valence-electron chi connectivity index (χ0n) is 8.69. The van der Waals surface area contributed by atoms with E-state index < -0.39 is 0 Å². The first-order valence-corrected chi connectivity index (χ1v) is 4.71. The van der Waals surface area contributed by atoms with Crippen molar-refractivity contribution >= 4 is 11.6 Å². The van der Waals surface area contributed by atoms with Gasteiger partial charge in [0.05, 0.1) is 18.3 Å². The minimum Gasteiger partial charge on any atom is -0.359 e. The number of hydrogen-bond acceptors (Lipinski definition) is 3. The number of fused-ring (bicyclic) bond motifs is 1. The van der Waals surface area contributed by atoms with Crippen molar-refractivity contribution in [3.8, 4) is 0 Å². The summed E-state index contributed by atoms with van der Waals surface area (Å²) in [6, 6.07) is 1.82. The van der Waals surface area contributed by atoms with E-state index in [0.717, 1.165) is 16.9 Å². The van der Waals surface area contributed by atoms with Crippen molar-refractivity contribution in [2.75, 3.05) is 7.05 Å². The van der Waals surface area contributed by atoms with Crippen molar-refractivity contribution in [2.24, 2.45) is 0 Å². The fourth-order valence-corrected chi connectivity index (χ4v) is 1.46. The molecule has 2 heterocycles. The lowest BCUT2D eigenvalue weighted by Gasteiger charge is -2.01. The maximum Gasteiger partial charge on any atom is 0.224 e. The van der Waals surface area contributed by atoms with Gasteiger partial charge in [0.2, 0.25) is 5.91 Å². The van der Waals surface area contributed by atoms with Crippen LogP contribution in [-0.4, -0.2) is 27.6 Å². The van der Waals surface area contributed by atoms with E-state index in [1.807, 2.05) is 19.2 Å². The third-order valence-electron chi connectivity index (χ3n) is 2.19. The van der Waals surface area contributed by atoms with E-state index >= 15 is 0 Å². The lowest BCUT2D eigenvalue weighted by atomic mass is 10.2. The monoisotopic (exact) mass is 204 g/mol. The minimum atomic E-state index is -0.0243.